The van der Waals surface area contributed by atoms with Crippen LogP contribution in [-0.4, -0.2) is 22.8 Å². The van der Waals surface area contributed by atoms with Gasteiger partial charge in [-0.25, -0.2) is 9.97 Å². The molecule has 0 radical (unpaired) electrons. The maximum Gasteiger partial charge on any atom is 0.422 e. The standard InChI is InChI=1S/C13H12F3N3O2/c14-13(15,16)8-21-10-3-1-9(2-4-10)20-7-12-18-6-5-11(17)19-12/h1-6H,7-8H2,(H2,17,18,19). The lowest BCUT2D eigenvalue weighted by molar-refractivity contribution is -0.153. The summed E-state index contributed by atoms with van der Waals surface area (Å²) in [5.41, 5.74) is 5.50. The number of benzene rings is 1. The molecule has 0 spiro atoms. The zero-order valence-electron chi connectivity index (χ0n) is 10.8. The van der Waals surface area contributed by atoms with Crippen LogP contribution in [0.2, 0.25) is 0 Å². The van der Waals surface area contributed by atoms with E-state index in [1.807, 2.05) is 0 Å². The maximum atomic E-state index is 12.0. The number of hydrogen-bond donors (Lipinski definition) is 1. The third-order valence-corrected chi connectivity index (χ3v) is 2.32. The smallest absolute Gasteiger partial charge is 0.422 e. The number of hydrogen-bond acceptors (Lipinski definition) is 5. The molecule has 2 rings (SSSR count). The lowest BCUT2D eigenvalue weighted by Gasteiger charge is -2.10. The van der Waals surface area contributed by atoms with E-state index in [1.165, 1.54) is 30.5 Å². The van der Waals surface area contributed by atoms with Gasteiger partial charge < -0.3 is 15.2 Å². The molecule has 21 heavy (non-hydrogen) atoms. The summed E-state index contributed by atoms with van der Waals surface area (Å²) in [5.74, 6) is 1.31. The molecule has 0 unspecified atom stereocenters. The molecule has 0 bridgehead atoms. The molecule has 0 aliphatic heterocycles. The van der Waals surface area contributed by atoms with Crippen molar-refractivity contribution in [1.82, 2.24) is 9.97 Å². The Kier molecular flexibility index (Phi) is 4.46. The summed E-state index contributed by atoms with van der Waals surface area (Å²) in [7, 11) is 0. The van der Waals surface area contributed by atoms with Gasteiger partial charge in [-0.3, -0.25) is 0 Å². The number of nitrogens with zero attached hydrogens (tertiary/aromatic N) is 2. The molecule has 1 heterocycles. The quantitative estimate of drug-likeness (QED) is 0.919. The Labute approximate surface area is 118 Å². The van der Waals surface area contributed by atoms with E-state index in [0.29, 0.717) is 17.4 Å². The number of alkyl halides is 3. The van der Waals surface area contributed by atoms with Crippen molar-refractivity contribution in [1.29, 1.82) is 0 Å². The van der Waals surface area contributed by atoms with Gasteiger partial charge in [0.25, 0.3) is 0 Å². The number of aromatic nitrogens is 2. The minimum absolute atomic E-state index is 0.105. The van der Waals surface area contributed by atoms with Crippen molar-refractivity contribution < 1.29 is 22.6 Å². The second-order valence-electron chi connectivity index (χ2n) is 4.06. The molecule has 0 atom stereocenters. The Hall–Kier alpha value is -2.51. The van der Waals surface area contributed by atoms with Gasteiger partial charge in [-0.1, -0.05) is 0 Å². The molecule has 0 aliphatic carbocycles. The van der Waals surface area contributed by atoms with E-state index in [-0.39, 0.29) is 12.4 Å². The maximum absolute atomic E-state index is 12.0. The van der Waals surface area contributed by atoms with E-state index in [9.17, 15) is 13.2 Å². The van der Waals surface area contributed by atoms with Gasteiger partial charge in [-0.05, 0) is 30.3 Å². The number of ether oxygens (including phenoxy) is 2. The van der Waals surface area contributed by atoms with Gasteiger partial charge in [-0.2, -0.15) is 13.2 Å². The number of nitrogens with two attached hydrogens (primary N) is 1. The Morgan fingerprint density at radius 1 is 1.00 bits per heavy atom. The van der Waals surface area contributed by atoms with Gasteiger partial charge in [0.2, 0.25) is 0 Å². The van der Waals surface area contributed by atoms with Crippen LogP contribution in [0, 0.1) is 0 Å². The lowest BCUT2D eigenvalue weighted by atomic mass is 10.3. The lowest BCUT2D eigenvalue weighted by Crippen LogP contribution is -2.19. The fourth-order valence-electron chi connectivity index (χ4n) is 1.43. The fraction of sp³-hybridized carbons (Fsp3) is 0.231. The van der Waals surface area contributed by atoms with Crippen LogP contribution in [-0.2, 0) is 6.61 Å². The van der Waals surface area contributed by atoms with Crippen molar-refractivity contribution >= 4 is 5.82 Å². The van der Waals surface area contributed by atoms with Crippen molar-refractivity contribution in [2.45, 2.75) is 12.8 Å². The minimum Gasteiger partial charge on any atom is -0.486 e. The fourth-order valence-corrected chi connectivity index (χ4v) is 1.43. The molecule has 2 aromatic rings. The average Bonchev–Trinajstić information content (AvgIpc) is 2.43. The number of halogens is 3. The summed E-state index contributed by atoms with van der Waals surface area (Å²) in [6, 6.07) is 7.33. The van der Waals surface area contributed by atoms with Crippen molar-refractivity contribution in [3.8, 4) is 11.5 Å². The molecule has 1 aromatic heterocycles. The van der Waals surface area contributed by atoms with E-state index in [0.717, 1.165) is 0 Å². The Morgan fingerprint density at radius 3 is 2.19 bits per heavy atom. The molecular weight excluding hydrogens is 287 g/mol. The summed E-state index contributed by atoms with van der Waals surface area (Å²) in [5, 5.41) is 0. The molecule has 0 aliphatic rings. The summed E-state index contributed by atoms with van der Waals surface area (Å²) in [4.78, 5) is 7.92. The largest absolute Gasteiger partial charge is 0.486 e. The first-order valence-corrected chi connectivity index (χ1v) is 5.92. The zero-order valence-corrected chi connectivity index (χ0v) is 10.8. The van der Waals surface area contributed by atoms with E-state index >= 15 is 0 Å². The predicted octanol–water partition coefficient (Wildman–Crippen LogP) is 2.58. The number of nitrogen functional groups attached to an aromatic ring is 1. The van der Waals surface area contributed by atoms with Crippen LogP contribution in [0.5, 0.6) is 11.5 Å². The SMILES string of the molecule is Nc1ccnc(COc2ccc(OCC(F)(F)F)cc2)n1. The molecule has 5 nitrogen and oxygen atoms in total. The van der Waals surface area contributed by atoms with Gasteiger partial charge >= 0.3 is 6.18 Å². The van der Waals surface area contributed by atoms with Crippen LogP contribution < -0.4 is 15.2 Å². The summed E-state index contributed by atoms with van der Waals surface area (Å²) >= 11 is 0. The average molecular weight is 299 g/mol. The molecule has 2 N–H and O–H groups in total. The van der Waals surface area contributed by atoms with Crippen LogP contribution in [0.3, 0.4) is 0 Å². The second-order valence-corrected chi connectivity index (χ2v) is 4.06. The van der Waals surface area contributed by atoms with Crippen molar-refractivity contribution in [2.75, 3.05) is 12.3 Å². The van der Waals surface area contributed by atoms with Gasteiger partial charge in [0.15, 0.2) is 12.4 Å². The van der Waals surface area contributed by atoms with Crippen LogP contribution in [0.25, 0.3) is 0 Å². The first kappa shape index (κ1) is 14.9. The highest BCUT2D eigenvalue weighted by atomic mass is 19.4. The first-order valence-electron chi connectivity index (χ1n) is 5.92. The first-order chi connectivity index (χ1) is 9.92. The Balaban J connectivity index is 1.87. The molecule has 1 aromatic carbocycles. The molecule has 0 fully saturated rings. The second kappa shape index (κ2) is 6.29. The summed E-state index contributed by atoms with van der Waals surface area (Å²) in [6.45, 7) is -1.22. The van der Waals surface area contributed by atoms with Crippen LogP contribution in [0.4, 0.5) is 19.0 Å². The van der Waals surface area contributed by atoms with Gasteiger partial charge in [-0.15, -0.1) is 0 Å². The summed E-state index contributed by atoms with van der Waals surface area (Å²) < 4.78 is 45.9. The molecule has 8 heteroatoms. The molecular formula is C13H12F3N3O2. The van der Waals surface area contributed by atoms with Crippen molar-refractivity contribution in [3.05, 3.63) is 42.4 Å². The van der Waals surface area contributed by atoms with Gasteiger partial charge in [0, 0.05) is 6.20 Å². The minimum atomic E-state index is -4.36. The Bertz CT molecular complexity index is 588. The zero-order chi connectivity index (χ0) is 15.3. The van der Waals surface area contributed by atoms with Crippen molar-refractivity contribution in [3.63, 3.8) is 0 Å². The topological polar surface area (TPSA) is 70.3 Å². The van der Waals surface area contributed by atoms with Crippen LogP contribution in [0.15, 0.2) is 36.5 Å². The van der Waals surface area contributed by atoms with E-state index < -0.39 is 12.8 Å². The van der Waals surface area contributed by atoms with Crippen LogP contribution >= 0.6 is 0 Å². The number of anilines is 1. The number of rotatable bonds is 5. The third-order valence-electron chi connectivity index (χ3n) is 2.32. The molecule has 0 amide bonds. The highest BCUT2D eigenvalue weighted by molar-refractivity contribution is 5.31. The predicted molar refractivity (Wildman–Crippen MR) is 68.8 cm³/mol. The Morgan fingerprint density at radius 2 is 1.62 bits per heavy atom. The monoisotopic (exact) mass is 299 g/mol. The van der Waals surface area contributed by atoms with Crippen molar-refractivity contribution in [2.24, 2.45) is 0 Å². The molecule has 0 saturated carbocycles. The highest BCUT2D eigenvalue weighted by Crippen LogP contribution is 2.21. The normalized spacial score (nSPS) is 11.2. The summed E-state index contributed by atoms with van der Waals surface area (Å²) in [6.07, 6.45) is -2.85. The third kappa shape index (κ3) is 5.17. The van der Waals surface area contributed by atoms with Crippen LogP contribution in [0.1, 0.15) is 5.82 Å². The molecule has 112 valence electrons. The van der Waals surface area contributed by atoms with E-state index in [1.54, 1.807) is 6.07 Å². The highest BCUT2D eigenvalue weighted by Gasteiger charge is 2.28. The van der Waals surface area contributed by atoms with E-state index in [2.05, 4.69) is 14.7 Å². The van der Waals surface area contributed by atoms with Gasteiger partial charge in [0.1, 0.15) is 23.9 Å². The van der Waals surface area contributed by atoms with Gasteiger partial charge in [0.05, 0.1) is 0 Å². The van der Waals surface area contributed by atoms with E-state index in [4.69, 9.17) is 10.5 Å². The molecule has 0 saturated heterocycles.